The Morgan fingerprint density at radius 2 is 2.12 bits per heavy atom. The van der Waals surface area contributed by atoms with Crippen molar-refractivity contribution in [3.63, 3.8) is 0 Å². The van der Waals surface area contributed by atoms with Gasteiger partial charge in [-0.2, -0.15) is 0 Å². The SMILES string of the molecule is NCc1cc(Cl)cc(S(=O)(=O)NC2CC2)c1F. The molecule has 0 spiro atoms. The average molecular weight is 279 g/mol. The lowest BCUT2D eigenvalue weighted by atomic mass is 10.2. The van der Waals surface area contributed by atoms with Crippen LogP contribution < -0.4 is 10.5 Å². The van der Waals surface area contributed by atoms with Crippen LogP contribution in [0.2, 0.25) is 5.02 Å². The van der Waals surface area contributed by atoms with E-state index in [-0.39, 0.29) is 23.2 Å². The van der Waals surface area contributed by atoms with E-state index in [0.717, 1.165) is 18.9 Å². The van der Waals surface area contributed by atoms with Crippen LogP contribution in [-0.4, -0.2) is 14.5 Å². The van der Waals surface area contributed by atoms with Crippen molar-refractivity contribution in [2.45, 2.75) is 30.3 Å². The molecule has 0 atom stereocenters. The van der Waals surface area contributed by atoms with Crippen molar-refractivity contribution in [2.75, 3.05) is 0 Å². The Balaban J connectivity index is 2.46. The smallest absolute Gasteiger partial charge is 0.243 e. The van der Waals surface area contributed by atoms with Crippen LogP contribution >= 0.6 is 11.6 Å². The second-order valence-electron chi connectivity index (χ2n) is 3.98. The van der Waals surface area contributed by atoms with Crippen LogP contribution in [0.1, 0.15) is 18.4 Å². The van der Waals surface area contributed by atoms with Crippen LogP contribution in [0.4, 0.5) is 4.39 Å². The fourth-order valence-corrected chi connectivity index (χ4v) is 3.20. The molecule has 1 aromatic carbocycles. The Bertz CT molecular complexity index is 543. The first-order chi connectivity index (χ1) is 7.94. The van der Waals surface area contributed by atoms with E-state index in [1.54, 1.807) is 0 Å². The Hall–Kier alpha value is -0.690. The van der Waals surface area contributed by atoms with Crippen molar-refractivity contribution in [2.24, 2.45) is 5.73 Å². The van der Waals surface area contributed by atoms with Gasteiger partial charge in [0.2, 0.25) is 10.0 Å². The van der Waals surface area contributed by atoms with Gasteiger partial charge in [0.15, 0.2) is 0 Å². The third-order valence-corrected chi connectivity index (χ3v) is 4.23. The van der Waals surface area contributed by atoms with Crippen molar-refractivity contribution in [1.29, 1.82) is 0 Å². The molecule has 1 aliphatic rings. The van der Waals surface area contributed by atoms with Crippen molar-refractivity contribution in [3.8, 4) is 0 Å². The lowest BCUT2D eigenvalue weighted by molar-refractivity contribution is 0.549. The zero-order valence-electron chi connectivity index (χ0n) is 8.91. The summed E-state index contributed by atoms with van der Waals surface area (Å²) in [7, 11) is -3.85. The maximum Gasteiger partial charge on any atom is 0.243 e. The molecule has 1 fully saturated rings. The minimum absolute atomic E-state index is 0.0836. The van der Waals surface area contributed by atoms with Crippen LogP contribution in [0.15, 0.2) is 17.0 Å². The third-order valence-electron chi connectivity index (χ3n) is 2.49. The first-order valence-electron chi connectivity index (χ1n) is 5.14. The van der Waals surface area contributed by atoms with Crippen molar-refractivity contribution in [3.05, 3.63) is 28.5 Å². The first kappa shape index (κ1) is 12.8. The number of sulfonamides is 1. The molecule has 1 aliphatic carbocycles. The summed E-state index contributed by atoms with van der Waals surface area (Å²) in [5.74, 6) is -0.829. The van der Waals surface area contributed by atoms with Gasteiger partial charge in [0.05, 0.1) is 0 Å². The molecular weight excluding hydrogens is 267 g/mol. The van der Waals surface area contributed by atoms with Gasteiger partial charge >= 0.3 is 0 Å². The van der Waals surface area contributed by atoms with Gasteiger partial charge in [-0.25, -0.2) is 17.5 Å². The number of rotatable bonds is 4. The maximum absolute atomic E-state index is 13.9. The summed E-state index contributed by atoms with van der Waals surface area (Å²) in [5.41, 5.74) is 5.42. The minimum atomic E-state index is -3.85. The van der Waals surface area contributed by atoms with E-state index in [0.29, 0.717) is 0 Å². The van der Waals surface area contributed by atoms with Crippen LogP contribution in [0.5, 0.6) is 0 Å². The molecule has 17 heavy (non-hydrogen) atoms. The van der Waals surface area contributed by atoms with Crippen LogP contribution in [0.3, 0.4) is 0 Å². The molecule has 1 saturated carbocycles. The van der Waals surface area contributed by atoms with Crippen LogP contribution in [0, 0.1) is 5.82 Å². The molecule has 0 amide bonds. The molecule has 94 valence electrons. The van der Waals surface area contributed by atoms with E-state index in [4.69, 9.17) is 17.3 Å². The molecule has 4 nitrogen and oxygen atoms in total. The second-order valence-corrected chi connectivity index (χ2v) is 6.10. The highest BCUT2D eigenvalue weighted by Crippen LogP contribution is 2.26. The molecule has 1 aromatic rings. The zero-order valence-corrected chi connectivity index (χ0v) is 10.5. The highest BCUT2D eigenvalue weighted by Gasteiger charge is 2.30. The highest BCUT2D eigenvalue weighted by molar-refractivity contribution is 7.89. The molecule has 0 radical (unpaired) electrons. The predicted molar refractivity (Wildman–Crippen MR) is 62.6 cm³/mol. The molecule has 0 unspecified atom stereocenters. The largest absolute Gasteiger partial charge is 0.326 e. The van der Waals surface area contributed by atoms with E-state index in [1.165, 1.54) is 6.07 Å². The summed E-state index contributed by atoms with van der Waals surface area (Å²) in [5, 5.41) is 0.156. The van der Waals surface area contributed by atoms with Crippen LogP contribution in [0.25, 0.3) is 0 Å². The molecule has 0 bridgehead atoms. The lowest BCUT2D eigenvalue weighted by Crippen LogP contribution is -2.27. The van der Waals surface area contributed by atoms with Gasteiger partial charge in [-0.3, -0.25) is 0 Å². The summed E-state index contributed by atoms with van der Waals surface area (Å²) in [4.78, 5) is -0.433. The van der Waals surface area contributed by atoms with Gasteiger partial charge in [-0.05, 0) is 25.0 Å². The summed E-state index contributed by atoms with van der Waals surface area (Å²) < 4.78 is 40.0. The number of benzene rings is 1. The molecular formula is C10H12ClFN2O2S. The quantitative estimate of drug-likeness (QED) is 0.874. The van der Waals surface area contributed by atoms with Crippen molar-refractivity contribution >= 4 is 21.6 Å². The number of nitrogens with one attached hydrogen (secondary N) is 1. The van der Waals surface area contributed by atoms with Gasteiger partial charge in [-0.1, -0.05) is 11.6 Å². The number of halogens is 2. The summed E-state index contributed by atoms with van der Waals surface area (Å²) in [6.07, 6.45) is 1.57. The van der Waals surface area contributed by atoms with E-state index in [2.05, 4.69) is 4.72 Å². The minimum Gasteiger partial charge on any atom is -0.326 e. The molecule has 2 rings (SSSR count). The van der Waals surface area contributed by atoms with E-state index in [9.17, 15) is 12.8 Å². The van der Waals surface area contributed by atoms with Gasteiger partial charge in [-0.15, -0.1) is 0 Å². The van der Waals surface area contributed by atoms with Gasteiger partial charge in [0.25, 0.3) is 0 Å². The normalized spacial score (nSPS) is 16.2. The number of hydrogen-bond donors (Lipinski definition) is 2. The molecule has 3 N–H and O–H groups in total. The molecule has 0 aromatic heterocycles. The average Bonchev–Trinajstić information content (AvgIpc) is 3.03. The monoisotopic (exact) mass is 278 g/mol. The summed E-state index contributed by atoms with van der Waals surface area (Å²) in [6, 6.07) is 2.34. The topological polar surface area (TPSA) is 72.2 Å². The Morgan fingerprint density at radius 1 is 1.47 bits per heavy atom. The second kappa shape index (κ2) is 4.53. The van der Waals surface area contributed by atoms with Crippen LogP contribution in [-0.2, 0) is 16.6 Å². The van der Waals surface area contributed by atoms with Crippen molar-refractivity contribution < 1.29 is 12.8 Å². The van der Waals surface area contributed by atoms with E-state index < -0.39 is 20.7 Å². The standard InChI is InChI=1S/C10H12ClFN2O2S/c11-7-3-6(5-13)10(12)9(4-7)17(15,16)14-8-1-2-8/h3-4,8,14H,1-2,5,13H2. The predicted octanol–water partition coefficient (Wildman–Crippen LogP) is 1.38. The maximum atomic E-state index is 13.9. The molecule has 7 heteroatoms. The van der Waals surface area contributed by atoms with Gasteiger partial charge in [0.1, 0.15) is 10.7 Å². The van der Waals surface area contributed by atoms with Gasteiger partial charge < -0.3 is 5.73 Å². The van der Waals surface area contributed by atoms with E-state index in [1.807, 2.05) is 0 Å². The van der Waals surface area contributed by atoms with E-state index >= 15 is 0 Å². The highest BCUT2D eigenvalue weighted by atomic mass is 35.5. The van der Waals surface area contributed by atoms with Crippen molar-refractivity contribution in [1.82, 2.24) is 4.72 Å². The number of nitrogens with two attached hydrogens (primary N) is 1. The lowest BCUT2D eigenvalue weighted by Gasteiger charge is -2.09. The third kappa shape index (κ3) is 2.77. The Morgan fingerprint density at radius 3 is 2.65 bits per heavy atom. The number of hydrogen-bond acceptors (Lipinski definition) is 3. The summed E-state index contributed by atoms with van der Waals surface area (Å²) in [6.45, 7) is -0.0989. The molecule has 0 heterocycles. The fourth-order valence-electron chi connectivity index (χ4n) is 1.45. The van der Waals surface area contributed by atoms with Gasteiger partial charge in [0, 0.05) is 23.2 Å². The summed E-state index contributed by atoms with van der Waals surface area (Å²) >= 11 is 5.74. The zero-order chi connectivity index (χ0) is 12.6. The Kier molecular flexibility index (Phi) is 3.40. The first-order valence-corrected chi connectivity index (χ1v) is 7.00. The molecule has 0 saturated heterocycles. The fraction of sp³-hybridized carbons (Fsp3) is 0.400. The molecule has 0 aliphatic heterocycles. The Labute approximate surface area is 104 Å².